The van der Waals surface area contributed by atoms with Gasteiger partial charge in [0.1, 0.15) is 5.75 Å². The Morgan fingerprint density at radius 1 is 0.963 bits per heavy atom. The molecule has 0 radical (unpaired) electrons. The fourth-order valence-electron chi connectivity index (χ4n) is 4.02. The number of benzene rings is 2. The van der Waals surface area contributed by atoms with E-state index < -0.39 is 0 Å². The molecule has 0 saturated heterocycles. The number of aryl methyl sites for hydroxylation is 3. The van der Waals surface area contributed by atoms with E-state index >= 15 is 0 Å². The Hall–Kier alpha value is -2.09. The van der Waals surface area contributed by atoms with Crippen LogP contribution in [0.5, 0.6) is 5.75 Å². The lowest BCUT2D eigenvalue weighted by Crippen LogP contribution is -2.13. The van der Waals surface area contributed by atoms with E-state index in [1.807, 2.05) is 38.1 Å². The van der Waals surface area contributed by atoms with Gasteiger partial charge in [0.25, 0.3) is 0 Å². The SMILES string of the molecule is Cc1cc(OC(=O)c2ccc(CCC3CCC(C)CC3)cc2)cc(C)c1C. The summed E-state index contributed by atoms with van der Waals surface area (Å²) in [4.78, 5) is 12.4. The molecule has 1 saturated carbocycles. The molecular weight excluding hydrogens is 332 g/mol. The van der Waals surface area contributed by atoms with Crippen LogP contribution < -0.4 is 4.74 Å². The van der Waals surface area contributed by atoms with Gasteiger partial charge in [-0.3, -0.25) is 0 Å². The summed E-state index contributed by atoms with van der Waals surface area (Å²) in [7, 11) is 0. The van der Waals surface area contributed by atoms with Crippen LogP contribution in [0.25, 0.3) is 0 Å². The number of rotatable bonds is 5. The van der Waals surface area contributed by atoms with E-state index in [0.717, 1.165) is 29.4 Å². The smallest absolute Gasteiger partial charge is 0.343 e. The minimum absolute atomic E-state index is 0.287. The lowest BCUT2D eigenvalue weighted by molar-refractivity contribution is 0.0734. The molecule has 27 heavy (non-hydrogen) atoms. The van der Waals surface area contributed by atoms with E-state index in [1.165, 1.54) is 43.2 Å². The van der Waals surface area contributed by atoms with Gasteiger partial charge in [-0.05, 0) is 92.0 Å². The molecule has 2 aromatic rings. The van der Waals surface area contributed by atoms with Crippen molar-refractivity contribution in [3.63, 3.8) is 0 Å². The van der Waals surface area contributed by atoms with Gasteiger partial charge in [0.2, 0.25) is 0 Å². The van der Waals surface area contributed by atoms with Gasteiger partial charge in [-0.25, -0.2) is 4.79 Å². The standard InChI is InChI=1S/C25H32O2/c1-17-5-7-21(8-6-17)9-10-22-11-13-23(14-12-22)25(26)27-24-15-18(2)20(4)19(3)16-24/h11-17,21H,5-10H2,1-4H3. The van der Waals surface area contributed by atoms with Gasteiger partial charge in [0.15, 0.2) is 0 Å². The Bertz CT molecular complexity index is 757. The van der Waals surface area contributed by atoms with Crippen LogP contribution in [-0.4, -0.2) is 5.97 Å². The maximum Gasteiger partial charge on any atom is 0.343 e. The van der Waals surface area contributed by atoms with Gasteiger partial charge in [-0.15, -0.1) is 0 Å². The molecule has 0 heterocycles. The zero-order valence-corrected chi connectivity index (χ0v) is 17.2. The fourth-order valence-corrected chi connectivity index (χ4v) is 4.02. The first-order chi connectivity index (χ1) is 12.9. The Balaban J connectivity index is 1.55. The van der Waals surface area contributed by atoms with E-state index in [4.69, 9.17) is 4.74 Å². The number of ether oxygens (including phenoxy) is 1. The second-order valence-corrected chi connectivity index (χ2v) is 8.43. The highest BCUT2D eigenvalue weighted by atomic mass is 16.5. The minimum atomic E-state index is -0.287. The predicted octanol–water partition coefficient (Wildman–Crippen LogP) is 6.59. The number of esters is 1. The molecule has 0 unspecified atom stereocenters. The Labute approximate surface area is 164 Å². The lowest BCUT2D eigenvalue weighted by atomic mass is 9.80. The van der Waals surface area contributed by atoms with Crippen molar-refractivity contribution in [1.82, 2.24) is 0 Å². The molecule has 1 aliphatic rings. The first-order valence-electron chi connectivity index (χ1n) is 10.3. The monoisotopic (exact) mass is 364 g/mol. The molecule has 0 aromatic heterocycles. The van der Waals surface area contributed by atoms with Gasteiger partial charge in [0.05, 0.1) is 5.56 Å². The molecule has 0 aliphatic heterocycles. The summed E-state index contributed by atoms with van der Waals surface area (Å²) in [5.41, 5.74) is 5.45. The van der Waals surface area contributed by atoms with Crippen molar-refractivity contribution >= 4 is 5.97 Å². The van der Waals surface area contributed by atoms with Crippen molar-refractivity contribution in [2.24, 2.45) is 11.8 Å². The molecular formula is C25H32O2. The van der Waals surface area contributed by atoms with Crippen molar-refractivity contribution in [2.75, 3.05) is 0 Å². The summed E-state index contributed by atoms with van der Waals surface area (Å²) in [5.74, 6) is 2.12. The second-order valence-electron chi connectivity index (χ2n) is 8.43. The van der Waals surface area contributed by atoms with Gasteiger partial charge in [-0.2, -0.15) is 0 Å². The number of carbonyl (C=O) groups excluding carboxylic acids is 1. The molecule has 2 heteroatoms. The molecule has 3 rings (SSSR count). The number of hydrogen-bond donors (Lipinski definition) is 0. The van der Waals surface area contributed by atoms with Gasteiger partial charge < -0.3 is 4.74 Å². The predicted molar refractivity (Wildman–Crippen MR) is 111 cm³/mol. The topological polar surface area (TPSA) is 26.3 Å². The third kappa shape index (κ3) is 5.22. The largest absolute Gasteiger partial charge is 0.423 e. The fraction of sp³-hybridized carbons (Fsp3) is 0.480. The third-order valence-corrected chi connectivity index (χ3v) is 6.28. The first kappa shape index (κ1) is 19.7. The summed E-state index contributed by atoms with van der Waals surface area (Å²) >= 11 is 0. The average Bonchev–Trinajstić information content (AvgIpc) is 2.66. The normalized spacial score (nSPS) is 19.7. The molecule has 0 N–H and O–H groups in total. The molecule has 2 aromatic carbocycles. The van der Waals surface area contributed by atoms with Crippen LogP contribution in [0.15, 0.2) is 36.4 Å². The van der Waals surface area contributed by atoms with Crippen LogP contribution in [0, 0.1) is 32.6 Å². The van der Waals surface area contributed by atoms with Gasteiger partial charge in [-0.1, -0.05) is 44.7 Å². The van der Waals surface area contributed by atoms with Crippen molar-refractivity contribution in [3.05, 3.63) is 64.2 Å². The van der Waals surface area contributed by atoms with Crippen LogP contribution in [0.3, 0.4) is 0 Å². The summed E-state index contributed by atoms with van der Waals surface area (Å²) in [5, 5.41) is 0. The Kier molecular flexibility index (Phi) is 6.36. The molecule has 1 aliphatic carbocycles. The van der Waals surface area contributed by atoms with E-state index in [2.05, 4.69) is 26.0 Å². The quantitative estimate of drug-likeness (QED) is 0.442. The molecule has 0 amide bonds. The van der Waals surface area contributed by atoms with Crippen molar-refractivity contribution in [2.45, 2.75) is 66.2 Å². The van der Waals surface area contributed by atoms with Gasteiger partial charge >= 0.3 is 5.97 Å². The highest BCUT2D eigenvalue weighted by molar-refractivity contribution is 5.91. The summed E-state index contributed by atoms with van der Waals surface area (Å²) in [6.07, 6.45) is 7.88. The Morgan fingerprint density at radius 3 is 2.15 bits per heavy atom. The third-order valence-electron chi connectivity index (χ3n) is 6.28. The van der Waals surface area contributed by atoms with Crippen molar-refractivity contribution < 1.29 is 9.53 Å². The van der Waals surface area contributed by atoms with E-state index in [-0.39, 0.29) is 5.97 Å². The molecule has 0 bridgehead atoms. The maximum atomic E-state index is 12.4. The second kappa shape index (κ2) is 8.73. The molecule has 0 atom stereocenters. The molecule has 2 nitrogen and oxygen atoms in total. The summed E-state index contributed by atoms with van der Waals surface area (Å²) in [6, 6.07) is 11.8. The van der Waals surface area contributed by atoms with E-state index in [0.29, 0.717) is 11.3 Å². The number of carbonyl (C=O) groups is 1. The van der Waals surface area contributed by atoms with Gasteiger partial charge in [0, 0.05) is 0 Å². The zero-order valence-electron chi connectivity index (χ0n) is 17.2. The minimum Gasteiger partial charge on any atom is -0.423 e. The van der Waals surface area contributed by atoms with Crippen LogP contribution in [0.4, 0.5) is 0 Å². The van der Waals surface area contributed by atoms with Crippen LogP contribution in [0.1, 0.15) is 71.6 Å². The van der Waals surface area contributed by atoms with Crippen LogP contribution >= 0.6 is 0 Å². The highest BCUT2D eigenvalue weighted by Gasteiger charge is 2.18. The lowest BCUT2D eigenvalue weighted by Gasteiger charge is -2.26. The van der Waals surface area contributed by atoms with Crippen molar-refractivity contribution in [3.8, 4) is 5.75 Å². The summed E-state index contributed by atoms with van der Waals surface area (Å²) in [6.45, 7) is 8.54. The number of hydrogen-bond acceptors (Lipinski definition) is 2. The van der Waals surface area contributed by atoms with E-state index in [1.54, 1.807) is 0 Å². The summed E-state index contributed by atoms with van der Waals surface area (Å²) < 4.78 is 5.58. The zero-order chi connectivity index (χ0) is 19.4. The molecule has 0 spiro atoms. The van der Waals surface area contributed by atoms with Crippen LogP contribution in [0.2, 0.25) is 0 Å². The molecule has 144 valence electrons. The Morgan fingerprint density at radius 2 is 1.56 bits per heavy atom. The van der Waals surface area contributed by atoms with E-state index in [9.17, 15) is 4.79 Å². The van der Waals surface area contributed by atoms with Crippen LogP contribution in [-0.2, 0) is 6.42 Å². The van der Waals surface area contributed by atoms with Crippen molar-refractivity contribution in [1.29, 1.82) is 0 Å². The maximum absolute atomic E-state index is 12.4. The first-order valence-corrected chi connectivity index (χ1v) is 10.3. The highest BCUT2D eigenvalue weighted by Crippen LogP contribution is 2.31. The average molecular weight is 365 g/mol. The molecule has 1 fully saturated rings.